The topological polar surface area (TPSA) is 26.3 Å². The van der Waals surface area contributed by atoms with E-state index in [-0.39, 0.29) is 17.5 Å². The van der Waals surface area contributed by atoms with Crippen LogP contribution in [0.15, 0.2) is 23.8 Å². The molecule has 0 bridgehead atoms. The number of carbonyl (C=O) groups is 1. The molecule has 102 valence electrons. The van der Waals surface area contributed by atoms with Crippen LogP contribution in [0.3, 0.4) is 0 Å². The van der Waals surface area contributed by atoms with Crippen molar-refractivity contribution < 1.29 is 9.53 Å². The summed E-state index contributed by atoms with van der Waals surface area (Å²) in [5.41, 5.74) is 1.68. The molecule has 3 atom stereocenters. The fourth-order valence-electron chi connectivity index (χ4n) is 2.66. The molecule has 1 aliphatic carbocycles. The van der Waals surface area contributed by atoms with Crippen molar-refractivity contribution in [1.29, 1.82) is 0 Å². The lowest BCUT2D eigenvalue weighted by Gasteiger charge is -2.42. The predicted molar refractivity (Wildman–Crippen MR) is 75.2 cm³/mol. The van der Waals surface area contributed by atoms with Crippen LogP contribution in [-0.2, 0) is 9.53 Å². The molecule has 0 amide bonds. The number of carbonyl (C=O) groups excluding carboxylic acids is 1. The summed E-state index contributed by atoms with van der Waals surface area (Å²) in [5.74, 6) is 0.870. The number of allylic oxidation sites excluding steroid dienone is 3. The highest BCUT2D eigenvalue weighted by Crippen LogP contribution is 2.45. The molecule has 18 heavy (non-hydrogen) atoms. The summed E-state index contributed by atoms with van der Waals surface area (Å²) >= 11 is 0. The van der Waals surface area contributed by atoms with Crippen LogP contribution in [0.25, 0.3) is 0 Å². The van der Waals surface area contributed by atoms with Crippen molar-refractivity contribution in [3.63, 3.8) is 0 Å². The average molecular weight is 250 g/mol. The Morgan fingerprint density at radius 3 is 2.72 bits per heavy atom. The third-order valence-corrected chi connectivity index (χ3v) is 4.28. The second-order valence-corrected chi connectivity index (χ2v) is 6.08. The summed E-state index contributed by atoms with van der Waals surface area (Å²) < 4.78 is 5.13. The van der Waals surface area contributed by atoms with Crippen LogP contribution in [0.1, 0.15) is 48.0 Å². The molecular weight excluding hydrogens is 224 g/mol. The maximum atomic E-state index is 10.9. The van der Waals surface area contributed by atoms with Crippen molar-refractivity contribution >= 4 is 5.97 Å². The lowest BCUT2D eigenvalue weighted by Crippen LogP contribution is -2.33. The summed E-state index contributed by atoms with van der Waals surface area (Å²) in [5, 5.41) is 0. The number of esters is 1. The molecule has 0 aromatic carbocycles. The average Bonchev–Trinajstić information content (AvgIpc) is 2.22. The van der Waals surface area contributed by atoms with Gasteiger partial charge in [-0.05, 0) is 37.7 Å². The van der Waals surface area contributed by atoms with Crippen molar-refractivity contribution in [2.75, 3.05) is 0 Å². The highest BCUT2D eigenvalue weighted by molar-refractivity contribution is 5.66. The molecule has 0 heterocycles. The van der Waals surface area contributed by atoms with Crippen LogP contribution in [0.5, 0.6) is 0 Å². The van der Waals surface area contributed by atoms with Gasteiger partial charge in [-0.1, -0.05) is 38.5 Å². The Balaban J connectivity index is 2.80. The molecule has 1 rings (SSSR count). The van der Waals surface area contributed by atoms with E-state index in [0.29, 0.717) is 11.8 Å². The van der Waals surface area contributed by atoms with E-state index in [2.05, 4.69) is 39.8 Å². The zero-order valence-corrected chi connectivity index (χ0v) is 12.5. The van der Waals surface area contributed by atoms with Crippen molar-refractivity contribution in [1.82, 2.24) is 0 Å². The Kier molecular flexibility index (Phi) is 4.78. The van der Waals surface area contributed by atoms with Crippen LogP contribution >= 0.6 is 0 Å². The van der Waals surface area contributed by atoms with Gasteiger partial charge in [0.15, 0.2) is 0 Å². The molecular formula is C16H26O2. The van der Waals surface area contributed by atoms with Gasteiger partial charge in [0.2, 0.25) is 0 Å². The smallest absolute Gasteiger partial charge is 0.303 e. The Morgan fingerprint density at radius 2 is 2.17 bits per heavy atom. The monoisotopic (exact) mass is 250 g/mol. The molecule has 0 aromatic heterocycles. The Labute approximate surface area is 111 Å². The first-order valence-electron chi connectivity index (χ1n) is 6.77. The predicted octanol–water partition coefficient (Wildman–Crippen LogP) is 4.12. The molecule has 2 heteroatoms. The summed E-state index contributed by atoms with van der Waals surface area (Å²) in [4.78, 5) is 10.9. The molecule has 2 nitrogen and oxygen atoms in total. The zero-order chi connectivity index (χ0) is 13.9. The minimum atomic E-state index is -0.226. The van der Waals surface area contributed by atoms with Crippen LogP contribution < -0.4 is 0 Å². The molecule has 0 N–H and O–H groups in total. The van der Waals surface area contributed by atoms with Crippen molar-refractivity contribution in [3.8, 4) is 0 Å². The SMILES string of the molecule is CC(=O)O[C@H](C)/C=C/[C@H]1C(C)=CC[C@@H](C)C1(C)C. The largest absolute Gasteiger partial charge is 0.459 e. The number of hydrogen-bond donors (Lipinski definition) is 0. The van der Waals surface area contributed by atoms with Crippen LogP contribution in [0.4, 0.5) is 0 Å². The van der Waals surface area contributed by atoms with E-state index in [1.54, 1.807) is 0 Å². The van der Waals surface area contributed by atoms with E-state index in [1.807, 2.05) is 13.0 Å². The fraction of sp³-hybridized carbons (Fsp3) is 0.688. The third-order valence-electron chi connectivity index (χ3n) is 4.28. The first kappa shape index (κ1) is 15.0. The quantitative estimate of drug-likeness (QED) is 0.556. The Bertz CT molecular complexity index is 363. The highest BCUT2D eigenvalue weighted by Gasteiger charge is 2.36. The van der Waals surface area contributed by atoms with Gasteiger partial charge >= 0.3 is 5.97 Å². The van der Waals surface area contributed by atoms with Gasteiger partial charge in [0.05, 0.1) is 0 Å². The second kappa shape index (κ2) is 5.73. The normalized spacial score (nSPS) is 28.9. The zero-order valence-electron chi connectivity index (χ0n) is 12.5. The van der Waals surface area contributed by atoms with E-state index < -0.39 is 0 Å². The third kappa shape index (κ3) is 3.47. The molecule has 0 spiro atoms. The minimum absolute atomic E-state index is 0.150. The van der Waals surface area contributed by atoms with E-state index in [0.717, 1.165) is 6.42 Å². The van der Waals surface area contributed by atoms with Crippen LogP contribution in [-0.4, -0.2) is 12.1 Å². The van der Waals surface area contributed by atoms with Gasteiger partial charge in [-0.2, -0.15) is 0 Å². The molecule has 0 aromatic rings. The molecule has 0 fully saturated rings. The second-order valence-electron chi connectivity index (χ2n) is 6.08. The van der Waals surface area contributed by atoms with E-state index in [4.69, 9.17) is 4.74 Å². The van der Waals surface area contributed by atoms with Crippen molar-refractivity contribution in [2.24, 2.45) is 17.3 Å². The van der Waals surface area contributed by atoms with Gasteiger partial charge in [-0.15, -0.1) is 0 Å². The lowest BCUT2D eigenvalue weighted by atomic mass is 9.63. The van der Waals surface area contributed by atoms with Crippen molar-refractivity contribution in [3.05, 3.63) is 23.8 Å². The number of ether oxygens (including phenoxy) is 1. The minimum Gasteiger partial charge on any atom is -0.459 e. The molecule has 0 unspecified atom stereocenters. The fourth-order valence-corrected chi connectivity index (χ4v) is 2.66. The maximum Gasteiger partial charge on any atom is 0.303 e. The van der Waals surface area contributed by atoms with Crippen molar-refractivity contribution in [2.45, 2.75) is 54.1 Å². The summed E-state index contributed by atoms with van der Waals surface area (Å²) in [6, 6.07) is 0. The summed E-state index contributed by atoms with van der Waals surface area (Å²) in [7, 11) is 0. The van der Waals surface area contributed by atoms with Gasteiger partial charge in [0.25, 0.3) is 0 Å². The first-order chi connectivity index (χ1) is 8.25. The Morgan fingerprint density at radius 1 is 1.56 bits per heavy atom. The summed E-state index contributed by atoms with van der Waals surface area (Å²) in [6.07, 6.45) is 7.55. The first-order valence-corrected chi connectivity index (χ1v) is 6.77. The van der Waals surface area contributed by atoms with Crippen LogP contribution in [0, 0.1) is 17.3 Å². The molecule has 0 saturated carbocycles. The van der Waals surface area contributed by atoms with Gasteiger partial charge in [-0.3, -0.25) is 4.79 Å². The van der Waals surface area contributed by atoms with E-state index in [9.17, 15) is 4.79 Å². The van der Waals surface area contributed by atoms with Gasteiger partial charge in [0.1, 0.15) is 6.10 Å². The van der Waals surface area contributed by atoms with Gasteiger partial charge in [-0.25, -0.2) is 0 Å². The standard InChI is InChI=1S/C16H26O2/c1-11-7-8-12(2)16(5,6)15(11)10-9-13(3)18-14(4)17/h7,9-10,12-13,15H,8H2,1-6H3/b10-9+/t12-,13-,15+/m1/s1. The van der Waals surface area contributed by atoms with Gasteiger partial charge in [0, 0.05) is 12.8 Å². The maximum absolute atomic E-state index is 10.9. The number of hydrogen-bond acceptors (Lipinski definition) is 2. The van der Waals surface area contributed by atoms with Gasteiger partial charge < -0.3 is 4.74 Å². The molecule has 1 aliphatic rings. The highest BCUT2D eigenvalue weighted by atomic mass is 16.5. The molecule has 0 aliphatic heterocycles. The lowest BCUT2D eigenvalue weighted by molar-refractivity contribution is -0.143. The summed E-state index contributed by atoms with van der Waals surface area (Å²) in [6.45, 7) is 12.5. The van der Waals surface area contributed by atoms with E-state index in [1.165, 1.54) is 12.5 Å². The van der Waals surface area contributed by atoms with E-state index >= 15 is 0 Å². The molecule has 0 saturated heterocycles. The Hall–Kier alpha value is -1.05. The number of rotatable bonds is 3. The molecule has 0 radical (unpaired) electrons. The van der Waals surface area contributed by atoms with Crippen LogP contribution in [0.2, 0.25) is 0 Å².